The minimum absolute atomic E-state index is 0.0209. The molecule has 1 radical (unpaired) electrons. The Morgan fingerprint density at radius 3 is 2.50 bits per heavy atom. The van der Waals surface area contributed by atoms with Crippen molar-refractivity contribution < 1.29 is 17.9 Å². The molecule has 0 aliphatic heterocycles. The van der Waals surface area contributed by atoms with Gasteiger partial charge in [-0.05, 0) is 22.0 Å². The van der Waals surface area contributed by atoms with E-state index >= 15 is 0 Å². The third kappa shape index (κ3) is 2.10. The molecular weight excluding hydrogens is 239 g/mol. The van der Waals surface area contributed by atoms with Crippen molar-refractivity contribution in [3.8, 4) is 0 Å². The Balaban J connectivity index is 3.18. The summed E-state index contributed by atoms with van der Waals surface area (Å²) in [7, 11) is 0. The molecule has 0 amide bonds. The molecule has 0 unspecified atom stereocenters. The summed E-state index contributed by atoms with van der Waals surface area (Å²) in [6, 6.07) is 0.786. The van der Waals surface area contributed by atoms with Crippen molar-refractivity contribution in [2.24, 2.45) is 0 Å². The zero-order chi connectivity index (χ0) is 9.35. The highest BCUT2D eigenvalue weighted by Gasteiger charge is 2.34. The van der Waals surface area contributed by atoms with E-state index in [4.69, 9.17) is 0 Å². The van der Waals surface area contributed by atoms with Crippen LogP contribution in [0.3, 0.4) is 0 Å². The molecule has 65 valence electrons. The van der Waals surface area contributed by atoms with Gasteiger partial charge in [-0.25, -0.2) is 0 Å². The van der Waals surface area contributed by atoms with Crippen molar-refractivity contribution >= 4 is 15.9 Å². The number of aromatic nitrogens is 1. The molecule has 0 saturated carbocycles. The van der Waals surface area contributed by atoms with Crippen molar-refractivity contribution in [2.75, 3.05) is 0 Å². The van der Waals surface area contributed by atoms with E-state index < -0.39 is 11.7 Å². The standard InChI is InChI=1S/C6H2BrF3NO/c7-5-1-4(6(8,9)10)2-11(12)3-5/h1,3H. The highest BCUT2D eigenvalue weighted by Crippen LogP contribution is 2.29. The fourth-order valence-electron chi connectivity index (χ4n) is 0.616. The minimum atomic E-state index is -4.53. The molecule has 0 aromatic carbocycles. The SMILES string of the molecule is [O-][n+]1[c]c(C(F)(F)F)cc(Br)c1. The zero-order valence-electron chi connectivity index (χ0n) is 5.52. The van der Waals surface area contributed by atoms with Crippen LogP contribution in [0.15, 0.2) is 16.7 Å². The Morgan fingerprint density at radius 2 is 2.08 bits per heavy atom. The third-order valence-electron chi connectivity index (χ3n) is 1.06. The normalized spacial score (nSPS) is 11.7. The van der Waals surface area contributed by atoms with Crippen molar-refractivity contribution in [2.45, 2.75) is 6.18 Å². The second kappa shape index (κ2) is 2.93. The summed E-state index contributed by atoms with van der Waals surface area (Å²) in [6.07, 6.45) is -2.00. The Labute approximate surface area is 74.3 Å². The lowest BCUT2D eigenvalue weighted by molar-refractivity contribution is -0.611. The van der Waals surface area contributed by atoms with Crippen LogP contribution in [0.5, 0.6) is 0 Å². The molecule has 0 aliphatic carbocycles. The number of halogens is 4. The van der Waals surface area contributed by atoms with Crippen molar-refractivity contribution in [1.29, 1.82) is 0 Å². The van der Waals surface area contributed by atoms with Crippen LogP contribution >= 0.6 is 15.9 Å². The van der Waals surface area contributed by atoms with Gasteiger partial charge in [0.05, 0.1) is 4.47 Å². The lowest BCUT2D eigenvalue weighted by Gasteiger charge is -2.04. The van der Waals surface area contributed by atoms with Gasteiger partial charge in [0, 0.05) is 0 Å². The van der Waals surface area contributed by atoms with Crippen molar-refractivity contribution in [3.05, 3.63) is 33.7 Å². The molecule has 1 aromatic rings. The monoisotopic (exact) mass is 240 g/mol. The summed E-state index contributed by atoms with van der Waals surface area (Å²) in [4.78, 5) is 0. The number of rotatable bonds is 0. The van der Waals surface area contributed by atoms with Gasteiger partial charge in [-0.3, -0.25) is 0 Å². The van der Waals surface area contributed by atoms with E-state index in [0.717, 1.165) is 12.3 Å². The van der Waals surface area contributed by atoms with Gasteiger partial charge in [0.2, 0.25) is 0 Å². The largest absolute Gasteiger partial charge is 0.618 e. The molecule has 1 aromatic heterocycles. The molecule has 1 heterocycles. The lowest BCUT2D eigenvalue weighted by Crippen LogP contribution is -2.28. The Morgan fingerprint density at radius 1 is 1.50 bits per heavy atom. The van der Waals surface area contributed by atoms with Gasteiger partial charge in [0.15, 0.2) is 6.20 Å². The fourth-order valence-corrected chi connectivity index (χ4v) is 1.03. The molecule has 6 heteroatoms. The second-order valence-electron chi connectivity index (χ2n) is 2.01. The van der Waals surface area contributed by atoms with Crippen LogP contribution in [0.4, 0.5) is 13.2 Å². The number of hydrogen-bond acceptors (Lipinski definition) is 1. The summed E-state index contributed by atoms with van der Waals surface area (Å²) in [5.41, 5.74) is -1.09. The number of hydrogen-bond donors (Lipinski definition) is 0. The van der Waals surface area contributed by atoms with E-state index in [1.807, 2.05) is 0 Å². The van der Waals surface area contributed by atoms with Crippen LogP contribution in [0.1, 0.15) is 5.56 Å². The first-order valence-corrected chi connectivity index (χ1v) is 3.58. The predicted molar refractivity (Wildman–Crippen MR) is 36.9 cm³/mol. The number of alkyl halides is 3. The summed E-state index contributed by atoms with van der Waals surface area (Å²) in [5.74, 6) is 0. The molecule has 0 bridgehead atoms. The van der Waals surface area contributed by atoms with Crippen molar-refractivity contribution in [1.82, 2.24) is 0 Å². The van der Waals surface area contributed by atoms with Crippen LogP contribution in [-0.2, 0) is 6.18 Å². The topological polar surface area (TPSA) is 26.9 Å². The number of nitrogens with zero attached hydrogens (tertiary/aromatic N) is 1. The summed E-state index contributed by atoms with van der Waals surface area (Å²) in [5, 5.41) is 10.5. The van der Waals surface area contributed by atoms with Crippen LogP contribution in [0.2, 0.25) is 0 Å². The molecule has 0 saturated heterocycles. The first kappa shape index (κ1) is 9.31. The van der Waals surface area contributed by atoms with E-state index in [1.54, 1.807) is 6.20 Å². The van der Waals surface area contributed by atoms with Gasteiger partial charge in [-0.2, -0.15) is 17.9 Å². The van der Waals surface area contributed by atoms with Gasteiger partial charge >= 0.3 is 12.4 Å². The molecule has 12 heavy (non-hydrogen) atoms. The highest BCUT2D eigenvalue weighted by atomic mass is 79.9. The molecule has 0 N–H and O–H groups in total. The van der Waals surface area contributed by atoms with E-state index in [1.165, 1.54) is 0 Å². The van der Waals surface area contributed by atoms with E-state index in [9.17, 15) is 18.4 Å². The molecule has 0 spiro atoms. The molecule has 0 atom stereocenters. The van der Waals surface area contributed by atoms with Crippen molar-refractivity contribution in [3.63, 3.8) is 0 Å². The van der Waals surface area contributed by atoms with Crippen LogP contribution in [-0.4, -0.2) is 0 Å². The number of pyridine rings is 1. The van der Waals surface area contributed by atoms with Gasteiger partial charge in [0.25, 0.3) is 0 Å². The smallest absolute Gasteiger partial charge is 0.423 e. The minimum Gasteiger partial charge on any atom is -0.618 e. The Bertz CT molecular complexity index is 279. The maximum Gasteiger partial charge on any atom is 0.423 e. The molecule has 0 aliphatic rings. The molecular formula is C6H2BrF3NO. The molecule has 2 nitrogen and oxygen atoms in total. The predicted octanol–water partition coefficient (Wildman–Crippen LogP) is 1.90. The lowest BCUT2D eigenvalue weighted by atomic mass is 10.3. The van der Waals surface area contributed by atoms with Gasteiger partial charge < -0.3 is 5.21 Å². The van der Waals surface area contributed by atoms with Crippen LogP contribution in [0, 0.1) is 11.4 Å². The van der Waals surface area contributed by atoms with Gasteiger partial charge in [0.1, 0.15) is 5.56 Å². The first-order chi connectivity index (χ1) is 5.39. The third-order valence-corrected chi connectivity index (χ3v) is 1.49. The maximum absolute atomic E-state index is 11.9. The van der Waals surface area contributed by atoms with E-state index in [-0.39, 0.29) is 9.20 Å². The zero-order valence-corrected chi connectivity index (χ0v) is 7.11. The first-order valence-electron chi connectivity index (χ1n) is 2.79. The molecule has 1 rings (SSSR count). The maximum atomic E-state index is 11.9. The Kier molecular flexibility index (Phi) is 2.27. The van der Waals surface area contributed by atoms with Crippen LogP contribution < -0.4 is 4.73 Å². The molecule has 0 fully saturated rings. The average molecular weight is 241 g/mol. The highest BCUT2D eigenvalue weighted by molar-refractivity contribution is 9.10. The average Bonchev–Trinajstić information content (AvgIpc) is 1.82. The van der Waals surface area contributed by atoms with E-state index in [2.05, 4.69) is 15.9 Å². The second-order valence-corrected chi connectivity index (χ2v) is 2.92. The van der Waals surface area contributed by atoms with Gasteiger partial charge in [-0.1, -0.05) is 0 Å². The van der Waals surface area contributed by atoms with E-state index in [0.29, 0.717) is 0 Å². The summed E-state index contributed by atoms with van der Waals surface area (Å²) in [6.45, 7) is 0. The Hall–Kier alpha value is -0.780. The summed E-state index contributed by atoms with van der Waals surface area (Å²) < 4.78 is 35.9. The summed E-state index contributed by atoms with van der Waals surface area (Å²) >= 11 is 2.76. The quantitative estimate of drug-likeness (QED) is 0.503. The van der Waals surface area contributed by atoms with Gasteiger partial charge in [-0.15, -0.1) is 0 Å². The fraction of sp³-hybridized carbons (Fsp3) is 0.167. The van der Waals surface area contributed by atoms with Crippen LogP contribution in [0.25, 0.3) is 0 Å².